The van der Waals surface area contributed by atoms with Crippen molar-refractivity contribution < 1.29 is 9.59 Å². The Kier molecular flexibility index (Phi) is 5.68. The zero-order valence-electron chi connectivity index (χ0n) is 15.6. The van der Waals surface area contributed by atoms with Crippen LogP contribution < -0.4 is 4.90 Å². The predicted molar refractivity (Wildman–Crippen MR) is 119 cm³/mol. The van der Waals surface area contributed by atoms with E-state index in [-0.39, 0.29) is 17.4 Å². The lowest BCUT2D eigenvalue weighted by atomic mass is 10.1. The molecule has 0 N–H and O–H groups in total. The van der Waals surface area contributed by atoms with Crippen LogP contribution in [0.4, 0.5) is 5.69 Å². The fourth-order valence-electron chi connectivity index (χ4n) is 2.99. The lowest BCUT2D eigenvalue weighted by Crippen LogP contribution is -2.25. The Labute approximate surface area is 173 Å². The SMILES string of the molecule is O=C1N=C(SCC(=O)c2ccccc2)N(c2ccccc2)C1=Cc1ccccc1. The molecule has 142 valence electrons. The van der Waals surface area contributed by atoms with Crippen molar-refractivity contribution >= 4 is 40.4 Å². The van der Waals surface area contributed by atoms with Gasteiger partial charge < -0.3 is 0 Å². The second-order valence-corrected chi connectivity index (χ2v) is 7.33. The molecule has 0 fully saturated rings. The number of benzene rings is 3. The van der Waals surface area contributed by atoms with Crippen molar-refractivity contribution in [1.82, 2.24) is 0 Å². The first kappa shape index (κ1) is 18.9. The van der Waals surface area contributed by atoms with Crippen LogP contribution in [0, 0.1) is 0 Å². The number of hydrogen-bond donors (Lipinski definition) is 0. The van der Waals surface area contributed by atoms with Gasteiger partial charge in [-0.3, -0.25) is 14.5 Å². The Bertz CT molecular complexity index is 1080. The molecule has 5 heteroatoms. The minimum Gasteiger partial charge on any atom is -0.293 e. The summed E-state index contributed by atoms with van der Waals surface area (Å²) in [5.41, 5.74) is 2.87. The smallest absolute Gasteiger partial charge is 0.293 e. The van der Waals surface area contributed by atoms with Gasteiger partial charge >= 0.3 is 0 Å². The molecule has 0 atom stereocenters. The fourth-order valence-corrected chi connectivity index (χ4v) is 3.89. The summed E-state index contributed by atoms with van der Waals surface area (Å²) in [5, 5.41) is 0.507. The quantitative estimate of drug-likeness (QED) is 0.446. The third kappa shape index (κ3) is 4.36. The van der Waals surface area contributed by atoms with E-state index in [1.807, 2.05) is 89.8 Å². The van der Waals surface area contributed by atoms with E-state index in [0.717, 1.165) is 11.3 Å². The Balaban J connectivity index is 1.62. The zero-order valence-corrected chi connectivity index (χ0v) is 16.4. The maximum Gasteiger partial charge on any atom is 0.296 e. The molecule has 1 aliphatic rings. The molecule has 1 aliphatic heterocycles. The van der Waals surface area contributed by atoms with E-state index in [2.05, 4.69) is 4.99 Å². The number of ketones is 1. The van der Waals surface area contributed by atoms with Crippen molar-refractivity contribution in [2.24, 2.45) is 4.99 Å². The van der Waals surface area contributed by atoms with E-state index >= 15 is 0 Å². The molecule has 1 heterocycles. The Morgan fingerprint density at radius 3 is 2.10 bits per heavy atom. The molecule has 3 aromatic carbocycles. The monoisotopic (exact) mass is 398 g/mol. The lowest BCUT2D eigenvalue weighted by molar-refractivity contribution is -0.113. The molecule has 0 saturated carbocycles. The summed E-state index contributed by atoms with van der Waals surface area (Å²) in [5.74, 6) is -0.107. The van der Waals surface area contributed by atoms with Crippen molar-refractivity contribution in [3.8, 4) is 0 Å². The van der Waals surface area contributed by atoms with Gasteiger partial charge in [-0.25, -0.2) is 0 Å². The highest BCUT2D eigenvalue weighted by atomic mass is 32.2. The van der Waals surface area contributed by atoms with Crippen molar-refractivity contribution in [1.29, 1.82) is 0 Å². The molecule has 0 saturated heterocycles. The van der Waals surface area contributed by atoms with E-state index in [4.69, 9.17) is 0 Å². The van der Waals surface area contributed by atoms with E-state index in [1.54, 1.807) is 12.1 Å². The number of carbonyl (C=O) groups excluding carboxylic acids is 2. The predicted octanol–water partition coefficient (Wildman–Crippen LogP) is 5.05. The number of thioether (sulfide) groups is 1. The molecule has 3 aromatic rings. The van der Waals surface area contributed by atoms with Crippen LogP contribution in [0.3, 0.4) is 0 Å². The van der Waals surface area contributed by atoms with E-state index < -0.39 is 0 Å². The minimum atomic E-state index is -0.313. The summed E-state index contributed by atoms with van der Waals surface area (Å²) < 4.78 is 0. The summed E-state index contributed by atoms with van der Waals surface area (Å²) in [6, 6.07) is 28.4. The molecular weight excluding hydrogens is 380 g/mol. The number of para-hydroxylation sites is 1. The molecule has 0 unspecified atom stereocenters. The fraction of sp³-hybridized carbons (Fsp3) is 0.0417. The van der Waals surface area contributed by atoms with Gasteiger partial charge in [-0.05, 0) is 23.8 Å². The standard InChI is InChI=1S/C24H18N2O2S/c27-22(19-12-6-2-7-13-19)17-29-24-25-23(28)21(16-18-10-4-1-5-11-18)26(24)20-14-8-3-9-15-20/h1-16H,17H2. The molecule has 4 nitrogen and oxygen atoms in total. The first-order valence-corrected chi connectivity index (χ1v) is 10.2. The van der Waals surface area contributed by atoms with Gasteiger partial charge in [-0.1, -0.05) is 90.6 Å². The average molecular weight is 398 g/mol. The highest BCUT2D eigenvalue weighted by Gasteiger charge is 2.31. The van der Waals surface area contributed by atoms with E-state index in [0.29, 0.717) is 16.4 Å². The van der Waals surface area contributed by atoms with E-state index in [9.17, 15) is 9.59 Å². The number of rotatable bonds is 5. The van der Waals surface area contributed by atoms with Crippen LogP contribution >= 0.6 is 11.8 Å². The molecular formula is C24H18N2O2S. The largest absolute Gasteiger partial charge is 0.296 e. The third-order valence-electron chi connectivity index (χ3n) is 4.39. The maximum atomic E-state index is 12.7. The Morgan fingerprint density at radius 1 is 0.862 bits per heavy atom. The van der Waals surface area contributed by atoms with Crippen LogP contribution in [0.25, 0.3) is 6.08 Å². The van der Waals surface area contributed by atoms with Crippen LogP contribution in [-0.4, -0.2) is 22.6 Å². The third-order valence-corrected chi connectivity index (χ3v) is 5.33. The number of amides is 1. The summed E-state index contributed by atoms with van der Waals surface area (Å²) >= 11 is 1.27. The molecule has 4 rings (SSSR count). The minimum absolute atomic E-state index is 0.000695. The first-order chi connectivity index (χ1) is 14.2. The molecule has 0 radical (unpaired) electrons. The molecule has 0 spiro atoms. The zero-order chi connectivity index (χ0) is 20.1. The van der Waals surface area contributed by atoms with Gasteiger partial charge in [0.2, 0.25) is 0 Å². The van der Waals surface area contributed by atoms with E-state index in [1.165, 1.54) is 11.8 Å². The van der Waals surface area contributed by atoms with Crippen LogP contribution in [0.5, 0.6) is 0 Å². The summed E-state index contributed by atoms with van der Waals surface area (Å²) in [6.07, 6.45) is 1.82. The van der Waals surface area contributed by atoms with Gasteiger partial charge in [0.05, 0.1) is 5.75 Å². The number of hydrogen-bond acceptors (Lipinski definition) is 4. The molecule has 0 aliphatic carbocycles. The van der Waals surface area contributed by atoms with Gasteiger partial charge in [0, 0.05) is 11.3 Å². The molecule has 0 bridgehead atoms. The summed E-state index contributed by atoms with van der Waals surface area (Å²) in [4.78, 5) is 31.2. The average Bonchev–Trinajstić information content (AvgIpc) is 3.09. The maximum absolute atomic E-state index is 12.7. The van der Waals surface area contributed by atoms with Crippen LogP contribution in [0.1, 0.15) is 15.9 Å². The Morgan fingerprint density at radius 2 is 1.45 bits per heavy atom. The highest BCUT2D eigenvalue weighted by molar-refractivity contribution is 8.14. The molecule has 29 heavy (non-hydrogen) atoms. The van der Waals surface area contributed by atoms with Crippen molar-refractivity contribution in [2.45, 2.75) is 0 Å². The van der Waals surface area contributed by atoms with Crippen LogP contribution in [0.15, 0.2) is 102 Å². The van der Waals surface area contributed by atoms with Gasteiger partial charge in [-0.15, -0.1) is 0 Å². The number of amidine groups is 1. The second kappa shape index (κ2) is 8.71. The van der Waals surface area contributed by atoms with Crippen LogP contribution in [0.2, 0.25) is 0 Å². The Hall–Kier alpha value is -3.44. The van der Waals surface area contributed by atoms with Crippen LogP contribution in [-0.2, 0) is 4.79 Å². The lowest BCUT2D eigenvalue weighted by Gasteiger charge is -2.20. The second-order valence-electron chi connectivity index (χ2n) is 6.39. The van der Waals surface area contributed by atoms with Gasteiger partial charge in [-0.2, -0.15) is 4.99 Å². The van der Waals surface area contributed by atoms with Gasteiger partial charge in [0.1, 0.15) is 5.70 Å². The van der Waals surface area contributed by atoms with Gasteiger partial charge in [0.25, 0.3) is 5.91 Å². The van der Waals surface area contributed by atoms with Crippen molar-refractivity contribution in [3.05, 3.63) is 108 Å². The number of nitrogens with zero attached hydrogens (tertiary/aromatic N) is 2. The number of anilines is 1. The van der Waals surface area contributed by atoms with Gasteiger partial charge in [0.15, 0.2) is 11.0 Å². The summed E-state index contributed by atoms with van der Waals surface area (Å²) in [6.45, 7) is 0. The summed E-state index contributed by atoms with van der Waals surface area (Å²) in [7, 11) is 0. The topological polar surface area (TPSA) is 49.7 Å². The molecule has 1 amide bonds. The van der Waals surface area contributed by atoms with Crippen molar-refractivity contribution in [3.63, 3.8) is 0 Å². The number of carbonyl (C=O) groups is 2. The number of Topliss-reactive ketones (excluding diaryl/α,β-unsaturated/α-hetero) is 1. The number of aliphatic imine (C=N–C) groups is 1. The first-order valence-electron chi connectivity index (χ1n) is 9.18. The molecule has 0 aromatic heterocycles. The highest BCUT2D eigenvalue weighted by Crippen LogP contribution is 2.31. The van der Waals surface area contributed by atoms with Crippen molar-refractivity contribution in [2.75, 3.05) is 10.7 Å². The normalized spacial score (nSPS) is 14.9.